The van der Waals surface area contributed by atoms with Crippen LogP contribution in [0.25, 0.3) is 0 Å². The Morgan fingerprint density at radius 3 is 2.79 bits per heavy atom. The maximum absolute atomic E-state index is 4.19. The van der Waals surface area contributed by atoms with Crippen molar-refractivity contribution in [3.8, 4) is 0 Å². The van der Waals surface area contributed by atoms with Crippen LogP contribution in [0.4, 0.5) is 0 Å². The summed E-state index contributed by atoms with van der Waals surface area (Å²) in [6.45, 7) is 8.34. The van der Waals surface area contributed by atoms with Gasteiger partial charge in [0.25, 0.3) is 0 Å². The average molecular weight is 278 g/mol. The molecule has 104 valence electrons. The van der Waals surface area contributed by atoms with Gasteiger partial charge in [-0.1, -0.05) is 26.0 Å². The fourth-order valence-electron chi connectivity index (χ4n) is 2.17. The van der Waals surface area contributed by atoms with Gasteiger partial charge in [-0.05, 0) is 31.5 Å². The van der Waals surface area contributed by atoms with Gasteiger partial charge in [0.15, 0.2) is 0 Å². The highest BCUT2D eigenvalue weighted by atomic mass is 32.1. The zero-order chi connectivity index (χ0) is 13.7. The number of aromatic nitrogens is 3. The van der Waals surface area contributed by atoms with Crippen molar-refractivity contribution in [3.05, 3.63) is 33.8 Å². The van der Waals surface area contributed by atoms with Crippen LogP contribution in [0.15, 0.2) is 18.3 Å². The number of thiophene rings is 1. The van der Waals surface area contributed by atoms with E-state index >= 15 is 0 Å². The van der Waals surface area contributed by atoms with E-state index in [4.69, 9.17) is 0 Å². The van der Waals surface area contributed by atoms with E-state index in [2.05, 4.69) is 48.5 Å². The quantitative estimate of drug-likeness (QED) is 0.846. The van der Waals surface area contributed by atoms with Gasteiger partial charge in [0.2, 0.25) is 0 Å². The summed E-state index contributed by atoms with van der Waals surface area (Å²) in [4.78, 5) is 2.77. The van der Waals surface area contributed by atoms with Gasteiger partial charge in [-0.15, -0.1) is 16.4 Å². The molecule has 2 aromatic rings. The van der Waals surface area contributed by atoms with Crippen molar-refractivity contribution in [2.24, 2.45) is 0 Å². The number of hydrogen-bond donors (Lipinski definition) is 1. The summed E-state index contributed by atoms with van der Waals surface area (Å²) in [5, 5.41) is 11.8. The second-order valence-electron chi connectivity index (χ2n) is 4.53. The monoisotopic (exact) mass is 278 g/mol. The Balaban J connectivity index is 2.30. The highest BCUT2D eigenvalue weighted by Gasteiger charge is 2.19. The maximum Gasteiger partial charge on any atom is 0.0858 e. The lowest BCUT2D eigenvalue weighted by Crippen LogP contribution is -2.24. The minimum atomic E-state index is 0.205. The molecule has 0 spiro atoms. The predicted molar refractivity (Wildman–Crippen MR) is 79.5 cm³/mol. The number of hydrogen-bond acceptors (Lipinski definition) is 4. The van der Waals surface area contributed by atoms with Crippen LogP contribution in [0.5, 0.6) is 0 Å². The van der Waals surface area contributed by atoms with Crippen molar-refractivity contribution < 1.29 is 0 Å². The summed E-state index contributed by atoms with van der Waals surface area (Å²) in [7, 11) is 0. The first-order valence-electron chi connectivity index (χ1n) is 7.00. The molecule has 2 rings (SSSR count). The van der Waals surface area contributed by atoms with E-state index in [1.807, 2.05) is 22.2 Å². The Hall–Kier alpha value is -1.20. The topological polar surface area (TPSA) is 42.7 Å². The van der Waals surface area contributed by atoms with Gasteiger partial charge >= 0.3 is 0 Å². The van der Waals surface area contributed by atoms with Gasteiger partial charge in [-0.3, -0.25) is 0 Å². The first-order chi connectivity index (χ1) is 9.30. The van der Waals surface area contributed by atoms with Gasteiger partial charge in [-0.25, -0.2) is 4.68 Å². The Morgan fingerprint density at radius 1 is 1.32 bits per heavy atom. The van der Waals surface area contributed by atoms with E-state index in [1.165, 1.54) is 9.75 Å². The molecule has 5 heteroatoms. The number of nitrogens with one attached hydrogen (secondary N) is 1. The van der Waals surface area contributed by atoms with Crippen molar-refractivity contribution >= 4 is 11.3 Å². The van der Waals surface area contributed by atoms with Crippen LogP contribution in [-0.2, 0) is 13.0 Å². The minimum Gasteiger partial charge on any atom is -0.305 e. The standard InChI is InChI=1S/C14H22N4S/c1-4-9-18-12(10-16-17-18)14(15-6-3)13-8-7-11(5-2)19-13/h7-8,10,14-15H,4-6,9H2,1-3H3. The molecule has 0 bridgehead atoms. The van der Waals surface area contributed by atoms with E-state index in [-0.39, 0.29) is 6.04 Å². The molecule has 0 saturated heterocycles. The molecule has 1 atom stereocenters. The maximum atomic E-state index is 4.19. The molecule has 0 saturated carbocycles. The molecule has 0 aliphatic carbocycles. The van der Waals surface area contributed by atoms with Crippen molar-refractivity contribution in [3.63, 3.8) is 0 Å². The zero-order valence-corrected chi connectivity index (χ0v) is 12.7. The van der Waals surface area contributed by atoms with Crippen LogP contribution in [-0.4, -0.2) is 21.5 Å². The Morgan fingerprint density at radius 2 is 2.16 bits per heavy atom. The summed E-state index contributed by atoms with van der Waals surface area (Å²) in [5.74, 6) is 0. The molecule has 1 N–H and O–H groups in total. The van der Waals surface area contributed by atoms with Crippen molar-refractivity contribution in [2.75, 3.05) is 6.54 Å². The van der Waals surface area contributed by atoms with Crippen LogP contribution in [0.1, 0.15) is 48.7 Å². The van der Waals surface area contributed by atoms with Gasteiger partial charge in [0.1, 0.15) is 0 Å². The number of aryl methyl sites for hydroxylation is 2. The fraction of sp³-hybridized carbons (Fsp3) is 0.571. The Bertz CT molecular complexity index is 503. The Kier molecular flexibility index (Phi) is 5.10. The SMILES string of the molecule is CCCn1nncc1C(NCC)c1ccc(CC)s1. The molecule has 0 aliphatic rings. The lowest BCUT2D eigenvalue weighted by atomic mass is 10.1. The molecule has 0 aliphatic heterocycles. The first kappa shape index (κ1) is 14.2. The molecule has 4 nitrogen and oxygen atoms in total. The third-order valence-corrected chi connectivity index (χ3v) is 4.40. The van der Waals surface area contributed by atoms with E-state index < -0.39 is 0 Å². The molecule has 1 unspecified atom stereocenters. The second-order valence-corrected chi connectivity index (χ2v) is 5.73. The van der Waals surface area contributed by atoms with Crippen LogP contribution < -0.4 is 5.32 Å². The molecule has 0 fully saturated rings. The summed E-state index contributed by atoms with van der Waals surface area (Å²) in [6.07, 6.45) is 4.05. The highest BCUT2D eigenvalue weighted by Crippen LogP contribution is 2.28. The van der Waals surface area contributed by atoms with Crippen molar-refractivity contribution in [1.29, 1.82) is 0 Å². The fourth-order valence-corrected chi connectivity index (χ4v) is 3.21. The summed E-state index contributed by atoms with van der Waals surface area (Å²) < 4.78 is 2.01. The van der Waals surface area contributed by atoms with Gasteiger partial charge < -0.3 is 5.32 Å². The van der Waals surface area contributed by atoms with Gasteiger partial charge in [0.05, 0.1) is 17.9 Å². The highest BCUT2D eigenvalue weighted by molar-refractivity contribution is 7.12. The lowest BCUT2D eigenvalue weighted by molar-refractivity contribution is 0.514. The predicted octanol–water partition coefficient (Wildman–Crippen LogP) is 3.01. The average Bonchev–Trinajstić information content (AvgIpc) is 3.05. The van der Waals surface area contributed by atoms with Gasteiger partial charge in [0, 0.05) is 16.3 Å². The summed E-state index contributed by atoms with van der Waals surface area (Å²) in [5.41, 5.74) is 1.16. The largest absolute Gasteiger partial charge is 0.305 e. The molecule has 0 radical (unpaired) electrons. The Labute approximate surface area is 118 Å². The third kappa shape index (κ3) is 3.22. The summed E-state index contributed by atoms with van der Waals surface area (Å²) >= 11 is 1.87. The first-order valence-corrected chi connectivity index (χ1v) is 7.82. The second kappa shape index (κ2) is 6.82. The van der Waals surface area contributed by atoms with E-state index in [0.717, 1.165) is 31.6 Å². The normalized spacial score (nSPS) is 12.8. The smallest absolute Gasteiger partial charge is 0.0858 e. The number of rotatable bonds is 7. The van der Waals surface area contributed by atoms with E-state index in [1.54, 1.807) is 0 Å². The van der Waals surface area contributed by atoms with Gasteiger partial charge in [-0.2, -0.15) is 0 Å². The van der Waals surface area contributed by atoms with Crippen LogP contribution in [0, 0.1) is 0 Å². The molecule has 0 amide bonds. The van der Waals surface area contributed by atoms with Crippen molar-refractivity contribution in [1.82, 2.24) is 20.3 Å². The molecule has 2 aromatic heterocycles. The molecular weight excluding hydrogens is 256 g/mol. The van der Waals surface area contributed by atoms with Crippen molar-refractivity contribution in [2.45, 2.75) is 46.2 Å². The van der Waals surface area contributed by atoms with Crippen LogP contribution >= 0.6 is 11.3 Å². The summed E-state index contributed by atoms with van der Waals surface area (Å²) in [6, 6.07) is 4.65. The third-order valence-electron chi connectivity index (χ3n) is 3.10. The number of nitrogens with zero attached hydrogens (tertiary/aromatic N) is 3. The zero-order valence-electron chi connectivity index (χ0n) is 11.9. The van der Waals surface area contributed by atoms with Crippen LogP contribution in [0.2, 0.25) is 0 Å². The molecule has 19 heavy (non-hydrogen) atoms. The van der Waals surface area contributed by atoms with E-state index in [0.29, 0.717) is 0 Å². The van der Waals surface area contributed by atoms with E-state index in [9.17, 15) is 0 Å². The van der Waals surface area contributed by atoms with Crippen LogP contribution in [0.3, 0.4) is 0 Å². The minimum absolute atomic E-state index is 0.205. The lowest BCUT2D eigenvalue weighted by Gasteiger charge is -2.17. The molecule has 0 aromatic carbocycles. The molecular formula is C14H22N4S. The molecule has 2 heterocycles.